The van der Waals surface area contributed by atoms with Crippen LogP contribution in [0.2, 0.25) is 0 Å². The molecule has 1 aromatic rings. The van der Waals surface area contributed by atoms with E-state index in [1.807, 2.05) is 37.3 Å². The molecule has 0 spiro atoms. The summed E-state index contributed by atoms with van der Waals surface area (Å²) in [6, 6.07) is 8.64. The van der Waals surface area contributed by atoms with Gasteiger partial charge in [-0.25, -0.2) is 0 Å². The smallest absolute Gasteiger partial charge is 0.304 e. The third kappa shape index (κ3) is 6.24. The van der Waals surface area contributed by atoms with Crippen molar-refractivity contribution in [2.24, 2.45) is 0 Å². The zero-order valence-electron chi connectivity index (χ0n) is 12.3. The number of aliphatic carboxylic acids is 1. The SMILES string of the molecule is CCCC(CC(=O)O)NS(=O)(=O)N(C)Cc1ccccc1. The lowest BCUT2D eigenvalue weighted by atomic mass is 10.1. The molecule has 6 nitrogen and oxygen atoms in total. The van der Waals surface area contributed by atoms with Crippen molar-refractivity contribution in [1.29, 1.82) is 0 Å². The normalized spacial score (nSPS) is 13.3. The Labute approximate surface area is 126 Å². The van der Waals surface area contributed by atoms with Gasteiger partial charge in [-0.05, 0) is 12.0 Å². The van der Waals surface area contributed by atoms with Gasteiger partial charge in [0.2, 0.25) is 0 Å². The minimum Gasteiger partial charge on any atom is -0.481 e. The minimum absolute atomic E-state index is 0.216. The molecule has 7 heteroatoms. The fraction of sp³-hybridized carbons (Fsp3) is 0.500. The molecule has 1 unspecified atom stereocenters. The average Bonchev–Trinajstić information content (AvgIpc) is 2.38. The maximum absolute atomic E-state index is 12.2. The van der Waals surface area contributed by atoms with Gasteiger partial charge in [-0.2, -0.15) is 17.4 Å². The fourth-order valence-corrected chi connectivity index (χ4v) is 3.11. The first kappa shape index (κ1) is 17.6. The number of hydrogen-bond acceptors (Lipinski definition) is 3. The third-order valence-electron chi connectivity index (χ3n) is 3.03. The van der Waals surface area contributed by atoms with Crippen molar-refractivity contribution in [3.63, 3.8) is 0 Å². The summed E-state index contributed by atoms with van der Waals surface area (Å²) >= 11 is 0. The second-order valence-corrected chi connectivity index (χ2v) is 6.76. The Morgan fingerprint density at radius 3 is 2.48 bits per heavy atom. The van der Waals surface area contributed by atoms with E-state index in [0.29, 0.717) is 12.8 Å². The zero-order valence-corrected chi connectivity index (χ0v) is 13.1. The Hall–Kier alpha value is -1.44. The second-order valence-electron chi connectivity index (χ2n) is 4.95. The summed E-state index contributed by atoms with van der Waals surface area (Å²) in [7, 11) is -2.23. The lowest BCUT2D eigenvalue weighted by Crippen LogP contribution is -2.44. The number of benzene rings is 1. The predicted molar refractivity (Wildman–Crippen MR) is 80.9 cm³/mol. The molecule has 0 fully saturated rings. The van der Waals surface area contributed by atoms with E-state index in [2.05, 4.69) is 4.72 Å². The molecule has 0 aliphatic rings. The molecule has 0 aliphatic heterocycles. The summed E-state index contributed by atoms with van der Waals surface area (Å²) in [4.78, 5) is 10.8. The van der Waals surface area contributed by atoms with Crippen molar-refractivity contribution in [3.05, 3.63) is 35.9 Å². The van der Waals surface area contributed by atoms with Gasteiger partial charge in [0.05, 0.1) is 6.42 Å². The molecule has 0 heterocycles. The summed E-state index contributed by atoms with van der Waals surface area (Å²) in [5.74, 6) is -1.01. The van der Waals surface area contributed by atoms with Crippen LogP contribution in [0, 0.1) is 0 Å². The van der Waals surface area contributed by atoms with Crippen LogP contribution in [-0.4, -0.2) is 36.9 Å². The highest BCUT2D eigenvalue weighted by Crippen LogP contribution is 2.09. The van der Waals surface area contributed by atoms with E-state index in [4.69, 9.17) is 5.11 Å². The molecule has 0 bridgehead atoms. The van der Waals surface area contributed by atoms with Crippen molar-refractivity contribution < 1.29 is 18.3 Å². The van der Waals surface area contributed by atoms with Gasteiger partial charge >= 0.3 is 5.97 Å². The molecule has 1 aromatic carbocycles. The molecule has 0 saturated heterocycles. The van der Waals surface area contributed by atoms with Gasteiger partial charge in [0.15, 0.2) is 0 Å². The van der Waals surface area contributed by atoms with Gasteiger partial charge in [-0.3, -0.25) is 4.79 Å². The molecule has 1 atom stereocenters. The average molecular weight is 314 g/mol. The summed E-state index contributed by atoms with van der Waals surface area (Å²) < 4.78 is 28.1. The predicted octanol–water partition coefficient (Wildman–Crippen LogP) is 1.60. The largest absolute Gasteiger partial charge is 0.481 e. The van der Waals surface area contributed by atoms with Crippen molar-refractivity contribution in [2.75, 3.05) is 7.05 Å². The van der Waals surface area contributed by atoms with Gasteiger partial charge in [0.1, 0.15) is 0 Å². The van der Waals surface area contributed by atoms with Crippen molar-refractivity contribution in [3.8, 4) is 0 Å². The molecule has 0 aliphatic carbocycles. The maximum atomic E-state index is 12.2. The highest BCUT2D eigenvalue weighted by molar-refractivity contribution is 7.87. The number of carboxylic acids is 1. The number of nitrogens with one attached hydrogen (secondary N) is 1. The molecule has 0 radical (unpaired) electrons. The van der Waals surface area contributed by atoms with E-state index in [-0.39, 0.29) is 13.0 Å². The molecule has 0 aromatic heterocycles. The number of nitrogens with zero attached hydrogens (tertiary/aromatic N) is 1. The quantitative estimate of drug-likeness (QED) is 0.725. The Balaban J connectivity index is 2.71. The van der Waals surface area contributed by atoms with E-state index < -0.39 is 22.2 Å². The van der Waals surface area contributed by atoms with Crippen molar-refractivity contribution >= 4 is 16.2 Å². The molecule has 0 amide bonds. The van der Waals surface area contributed by atoms with Crippen LogP contribution < -0.4 is 4.72 Å². The van der Waals surface area contributed by atoms with Crippen LogP contribution >= 0.6 is 0 Å². The molecule has 0 saturated carbocycles. The molecule has 118 valence electrons. The van der Waals surface area contributed by atoms with Crippen LogP contribution in [0.3, 0.4) is 0 Å². The molecular formula is C14H22N2O4S. The minimum atomic E-state index is -3.71. The van der Waals surface area contributed by atoms with Crippen molar-refractivity contribution in [2.45, 2.75) is 38.8 Å². The summed E-state index contributed by atoms with van der Waals surface area (Å²) in [6.45, 7) is 2.12. The monoisotopic (exact) mass is 314 g/mol. The van der Waals surface area contributed by atoms with E-state index >= 15 is 0 Å². The van der Waals surface area contributed by atoms with Gasteiger partial charge < -0.3 is 5.11 Å². The van der Waals surface area contributed by atoms with Crippen LogP contribution in [0.1, 0.15) is 31.7 Å². The van der Waals surface area contributed by atoms with Crippen LogP contribution in [0.25, 0.3) is 0 Å². The second kappa shape index (κ2) is 8.11. The van der Waals surface area contributed by atoms with E-state index in [1.165, 1.54) is 11.4 Å². The fourth-order valence-electron chi connectivity index (χ4n) is 1.99. The van der Waals surface area contributed by atoms with E-state index in [1.54, 1.807) is 0 Å². The zero-order chi connectivity index (χ0) is 15.9. The number of carboxylic acid groups (broad SMARTS) is 1. The first-order valence-corrected chi connectivity index (χ1v) is 8.28. The van der Waals surface area contributed by atoms with E-state index in [9.17, 15) is 13.2 Å². The van der Waals surface area contributed by atoms with Gasteiger partial charge in [0.25, 0.3) is 10.2 Å². The van der Waals surface area contributed by atoms with Gasteiger partial charge in [-0.15, -0.1) is 0 Å². The Morgan fingerprint density at radius 2 is 1.95 bits per heavy atom. The van der Waals surface area contributed by atoms with Crippen LogP contribution in [-0.2, 0) is 21.5 Å². The first-order valence-electron chi connectivity index (χ1n) is 6.84. The Morgan fingerprint density at radius 1 is 1.33 bits per heavy atom. The lowest BCUT2D eigenvalue weighted by Gasteiger charge is -2.22. The van der Waals surface area contributed by atoms with E-state index in [0.717, 1.165) is 5.56 Å². The summed E-state index contributed by atoms with van der Waals surface area (Å²) in [5.41, 5.74) is 0.871. The van der Waals surface area contributed by atoms with Crippen molar-refractivity contribution in [1.82, 2.24) is 9.03 Å². The summed E-state index contributed by atoms with van der Waals surface area (Å²) in [6.07, 6.45) is 0.986. The topological polar surface area (TPSA) is 86.7 Å². The van der Waals surface area contributed by atoms with Gasteiger partial charge in [-0.1, -0.05) is 43.7 Å². The Kier molecular flexibility index (Phi) is 6.80. The number of hydrogen-bond donors (Lipinski definition) is 2. The Bertz CT molecular complexity index is 545. The van der Waals surface area contributed by atoms with Crippen LogP contribution in [0.4, 0.5) is 0 Å². The number of carbonyl (C=O) groups is 1. The van der Waals surface area contributed by atoms with Gasteiger partial charge in [0, 0.05) is 19.6 Å². The highest BCUT2D eigenvalue weighted by Gasteiger charge is 2.23. The van der Waals surface area contributed by atoms with Crippen LogP contribution in [0.15, 0.2) is 30.3 Å². The molecule has 1 rings (SSSR count). The molecule has 2 N–H and O–H groups in total. The number of rotatable bonds is 9. The summed E-state index contributed by atoms with van der Waals surface area (Å²) in [5, 5.41) is 8.83. The lowest BCUT2D eigenvalue weighted by molar-refractivity contribution is -0.137. The third-order valence-corrected chi connectivity index (χ3v) is 4.61. The standard InChI is InChI=1S/C14H22N2O4S/c1-3-7-13(10-14(17)18)15-21(19,20)16(2)11-12-8-5-4-6-9-12/h4-6,8-9,13,15H,3,7,10-11H2,1-2H3,(H,17,18). The molecular weight excluding hydrogens is 292 g/mol. The van der Waals surface area contributed by atoms with Crippen LogP contribution in [0.5, 0.6) is 0 Å². The highest BCUT2D eigenvalue weighted by atomic mass is 32.2. The first-order chi connectivity index (χ1) is 9.85. The molecule has 21 heavy (non-hydrogen) atoms. The maximum Gasteiger partial charge on any atom is 0.304 e.